The minimum atomic E-state index is 0.226. The lowest BCUT2D eigenvalue weighted by molar-refractivity contribution is 0.161. The van der Waals surface area contributed by atoms with Crippen molar-refractivity contribution in [2.45, 2.75) is 39.3 Å². The van der Waals surface area contributed by atoms with E-state index in [0.29, 0.717) is 31.5 Å². The molecule has 1 unspecified atom stereocenters. The Bertz CT molecular complexity index is 362. The molecule has 0 bridgehead atoms. The van der Waals surface area contributed by atoms with Gasteiger partial charge in [-0.15, -0.1) is 0 Å². The monoisotopic (exact) mass is 267 g/mol. The fourth-order valence-corrected chi connectivity index (χ4v) is 2.03. The molecule has 0 aliphatic carbocycles. The molecule has 4 heteroatoms. The number of phenolic OH excluding ortho intramolecular Hbond substituents is 1. The van der Waals surface area contributed by atoms with E-state index in [1.165, 1.54) is 0 Å². The number of hydrogen-bond donors (Lipinski definition) is 2. The molecule has 0 saturated heterocycles. The maximum absolute atomic E-state index is 10.1. The van der Waals surface area contributed by atoms with Gasteiger partial charge in [0.15, 0.2) is 11.5 Å². The molecule has 0 amide bonds. The Morgan fingerprint density at radius 2 is 2.11 bits per heavy atom. The van der Waals surface area contributed by atoms with Crippen molar-refractivity contribution in [3.8, 4) is 11.5 Å². The maximum atomic E-state index is 10.1. The molecule has 108 valence electrons. The third-order valence-corrected chi connectivity index (χ3v) is 2.97. The van der Waals surface area contributed by atoms with Crippen LogP contribution >= 0.6 is 0 Å². The van der Waals surface area contributed by atoms with E-state index in [1.807, 2.05) is 19.1 Å². The van der Waals surface area contributed by atoms with Crippen molar-refractivity contribution in [1.82, 2.24) is 5.32 Å². The summed E-state index contributed by atoms with van der Waals surface area (Å²) in [5.74, 6) is 0.769. The minimum Gasteiger partial charge on any atom is -0.504 e. The van der Waals surface area contributed by atoms with Crippen LogP contribution < -0.4 is 10.1 Å². The van der Waals surface area contributed by atoms with Crippen LogP contribution in [0.1, 0.15) is 32.3 Å². The van der Waals surface area contributed by atoms with Crippen molar-refractivity contribution >= 4 is 0 Å². The van der Waals surface area contributed by atoms with Crippen molar-refractivity contribution in [1.29, 1.82) is 0 Å². The van der Waals surface area contributed by atoms with Crippen LogP contribution in [-0.2, 0) is 11.3 Å². The second kappa shape index (κ2) is 8.77. The van der Waals surface area contributed by atoms with Gasteiger partial charge >= 0.3 is 0 Å². The molecule has 2 N–H and O–H groups in total. The molecule has 0 radical (unpaired) electrons. The first-order chi connectivity index (χ1) is 9.22. The predicted octanol–water partition coefficient (Wildman–Crippen LogP) is 2.70. The van der Waals surface area contributed by atoms with Gasteiger partial charge in [0, 0.05) is 25.3 Å². The van der Waals surface area contributed by atoms with Gasteiger partial charge in [-0.25, -0.2) is 0 Å². The molecule has 0 fully saturated rings. The Morgan fingerprint density at radius 3 is 2.74 bits per heavy atom. The fraction of sp³-hybridized carbons (Fsp3) is 0.600. The minimum absolute atomic E-state index is 0.226. The number of hydrogen-bond acceptors (Lipinski definition) is 4. The lowest BCUT2D eigenvalue weighted by Crippen LogP contribution is -2.32. The van der Waals surface area contributed by atoms with Gasteiger partial charge in [-0.3, -0.25) is 0 Å². The van der Waals surface area contributed by atoms with E-state index >= 15 is 0 Å². The van der Waals surface area contributed by atoms with E-state index in [-0.39, 0.29) is 5.75 Å². The summed E-state index contributed by atoms with van der Waals surface area (Å²) in [6, 6.07) is 5.89. The number of rotatable bonds is 9. The molecule has 0 spiro atoms. The molecule has 1 atom stereocenters. The van der Waals surface area contributed by atoms with Crippen LogP contribution in [0, 0.1) is 0 Å². The van der Waals surface area contributed by atoms with Crippen LogP contribution in [0.5, 0.6) is 11.5 Å². The largest absolute Gasteiger partial charge is 0.504 e. The van der Waals surface area contributed by atoms with Gasteiger partial charge < -0.3 is 19.9 Å². The van der Waals surface area contributed by atoms with E-state index in [0.717, 1.165) is 18.4 Å². The highest BCUT2D eigenvalue weighted by Gasteiger charge is 2.11. The molecule has 0 heterocycles. The van der Waals surface area contributed by atoms with Crippen molar-refractivity contribution < 1.29 is 14.6 Å². The smallest absolute Gasteiger partial charge is 0.162 e. The van der Waals surface area contributed by atoms with Gasteiger partial charge in [0.2, 0.25) is 0 Å². The summed E-state index contributed by atoms with van der Waals surface area (Å²) in [7, 11) is 1.71. The summed E-state index contributed by atoms with van der Waals surface area (Å²) in [6.07, 6.45) is 2.16. The molecule has 19 heavy (non-hydrogen) atoms. The second-order valence-corrected chi connectivity index (χ2v) is 4.52. The summed E-state index contributed by atoms with van der Waals surface area (Å²) in [6.45, 7) is 5.89. The van der Waals surface area contributed by atoms with E-state index in [4.69, 9.17) is 9.47 Å². The highest BCUT2D eigenvalue weighted by molar-refractivity contribution is 5.45. The zero-order valence-corrected chi connectivity index (χ0v) is 12.1. The topological polar surface area (TPSA) is 50.7 Å². The van der Waals surface area contributed by atoms with E-state index in [1.54, 1.807) is 13.2 Å². The van der Waals surface area contributed by atoms with Crippen molar-refractivity contribution in [2.75, 3.05) is 20.3 Å². The van der Waals surface area contributed by atoms with E-state index in [9.17, 15) is 5.11 Å². The Kier molecular flexibility index (Phi) is 7.30. The molecule has 1 rings (SSSR count). The van der Waals surface area contributed by atoms with Crippen LogP contribution in [0.25, 0.3) is 0 Å². The molecule has 0 aliphatic rings. The second-order valence-electron chi connectivity index (χ2n) is 4.52. The first-order valence-electron chi connectivity index (χ1n) is 6.88. The number of benzene rings is 1. The maximum Gasteiger partial charge on any atom is 0.162 e. The molecular weight excluding hydrogens is 242 g/mol. The first-order valence-corrected chi connectivity index (χ1v) is 6.88. The lowest BCUT2D eigenvalue weighted by atomic mass is 10.1. The van der Waals surface area contributed by atoms with Gasteiger partial charge in [-0.2, -0.15) is 0 Å². The first kappa shape index (κ1) is 15.8. The average Bonchev–Trinajstić information content (AvgIpc) is 2.40. The van der Waals surface area contributed by atoms with Crippen LogP contribution in [0.15, 0.2) is 18.2 Å². The van der Waals surface area contributed by atoms with Gasteiger partial charge in [-0.1, -0.05) is 25.5 Å². The highest BCUT2D eigenvalue weighted by Crippen LogP contribution is 2.29. The zero-order chi connectivity index (χ0) is 14.1. The number of methoxy groups -OCH3 is 1. The SMILES string of the molecule is CCCC(COC)NCc1cccc(OCC)c1O. The normalized spacial score (nSPS) is 12.4. The van der Waals surface area contributed by atoms with Gasteiger partial charge in [0.1, 0.15) is 0 Å². The van der Waals surface area contributed by atoms with Crippen LogP contribution in [-0.4, -0.2) is 31.5 Å². The third-order valence-electron chi connectivity index (χ3n) is 2.97. The molecule has 1 aromatic carbocycles. The standard InChI is InChI=1S/C15H25NO3/c1-4-7-13(11-18-3)16-10-12-8-6-9-14(15(12)17)19-5-2/h6,8-9,13,16-17H,4-5,7,10-11H2,1-3H3. The van der Waals surface area contributed by atoms with E-state index in [2.05, 4.69) is 12.2 Å². The number of para-hydroxylation sites is 1. The van der Waals surface area contributed by atoms with Crippen LogP contribution in [0.2, 0.25) is 0 Å². The van der Waals surface area contributed by atoms with Crippen molar-refractivity contribution in [2.24, 2.45) is 0 Å². The van der Waals surface area contributed by atoms with Crippen molar-refractivity contribution in [3.63, 3.8) is 0 Å². The molecule has 1 aromatic rings. The Balaban J connectivity index is 2.63. The Hall–Kier alpha value is -1.26. The zero-order valence-electron chi connectivity index (χ0n) is 12.1. The van der Waals surface area contributed by atoms with Crippen LogP contribution in [0.3, 0.4) is 0 Å². The summed E-state index contributed by atoms with van der Waals surface area (Å²) in [5, 5.41) is 13.5. The third kappa shape index (κ3) is 5.09. The molecule has 4 nitrogen and oxygen atoms in total. The fourth-order valence-electron chi connectivity index (χ4n) is 2.03. The molecule has 0 aromatic heterocycles. The van der Waals surface area contributed by atoms with Crippen molar-refractivity contribution in [3.05, 3.63) is 23.8 Å². The molecule has 0 saturated carbocycles. The number of phenols is 1. The van der Waals surface area contributed by atoms with Gasteiger partial charge in [0.05, 0.1) is 13.2 Å². The Morgan fingerprint density at radius 1 is 1.32 bits per heavy atom. The number of nitrogens with one attached hydrogen (secondary N) is 1. The quantitative estimate of drug-likeness (QED) is 0.722. The summed E-state index contributed by atoms with van der Waals surface area (Å²) in [4.78, 5) is 0. The van der Waals surface area contributed by atoms with Crippen LogP contribution in [0.4, 0.5) is 0 Å². The predicted molar refractivity (Wildman–Crippen MR) is 76.7 cm³/mol. The van der Waals surface area contributed by atoms with Gasteiger partial charge in [-0.05, 0) is 19.4 Å². The van der Waals surface area contributed by atoms with E-state index < -0.39 is 0 Å². The summed E-state index contributed by atoms with van der Waals surface area (Å²) in [5.41, 5.74) is 0.850. The lowest BCUT2D eigenvalue weighted by Gasteiger charge is -2.18. The molecular formula is C15H25NO3. The summed E-state index contributed by atoms with van der Waals surface area (Å²) < 4.78 is 10.6. The molecule has 0 aliphatic heterocycles. The summed E-state index contributed by atoms with van der Waals surface area (Å²) >= 11 is 0. The number of ether oxygens (including phenoxy) is 2. The number of aromatic hydroxyl groups is 1. The highest BCUT2D eigenvalue weighted by atomic mass is 16.5. The van der Waals surface area contributed by atoms with Gasteiger partial charge in [0.25, 0.3) is 0 Å². The average molecular weight is 267 g/mol. The Labute approximate surface area is 115 Å².